The molecule has 5 nitrogen and oxygen atoms in total. The van der Waals surface area contributed by atoms with Gasteiger partial charge in [-0.05, 0) is 12.1 Å². The summed E-state index contributed by atoms with van der Waals surface area (Å²) in [5.74, 6) is 1.59. The van der Waals surface area contributed by atoms with Gasteiger partial charge in [0.05, 0.1) is 12.2 Å². The van der Waals surface area contributed by atoms with Crippen molar-refractivity contribution in [2.24, 2.45) is 10.7 Å². The van der Waals surface area contributed by atoms with E-state index in [2.05, 4.69) is 19.4 Å². The van der Waals surface area contributed by atoms with Crippen LogP contribution in [0, 0.1) is 0 Å². The molecular weight excluding hydrogens is 226 g/mol. The maximum atomic E-state index is 6.05. The number of guanidine groups is 1. The summed E-state index contributed by atoms with van der Waals surface area (Å²) in [6, 6.07) is 9.76. The Hall–Kier alpha value is -2.30. The van der Waals surface area contributed by atoms with Gasteiger partial charge in [-0.25, -0.2) is 9.98 Å². The van der Waals surface area contributed by atoms with Crippen molar-refractivity contribution in [2.75, 3.05) is 6.54 Å². The summed E-state index contributed by atoms with van der Waals surface area (Å²) in [5.41, 5.74) is 6.92. The molecule has 5 heteroatoms. The summed E-state index contributed by atoms with van der Waals surface area (Å²) in [4.78, 5) is 10.8. The second kappa shape index (κ2) is 4.52. The fourth-order valence-electron chi connectivity index (χ4n) is 2.07. The Morgan fingerprint density at radius 3 is 2.89 bits per heavy atom. The van der Waals surface area contributed by atoms with Crippen LogP contribution >= 0.6 is 0 Å². The van der Waals surface area contributed by atoms with Crippen LogP contribution in [0.2, 0.25) is 0 Å². The Morgan fingerprint density at radius 2 is 2.06 bits per heavy atom. The molecule has 2 aromatic rings. The maximum absolute atomic E-state index is 6.05. The minimum Gasteiger partial charge on any atom is -0.369 e. The monoisotopic (exact) mass is 241 g/mol. The lowest BCUT2D eigenvalue weighted by molar-refractivity contribution is 0.327. The Bertz CT molecular complexity index is 558. The van der Waals surface area contributed by atoms with Crippen molar-refractivity contribution in [1.29, 1.82) is 0 Å². The number of aromatic nitrogens is 2. The van der Waals surface area contributed by atoms with Gasteiger partial charge in [0.25, 0.3) is 0 Å². The number of imidazole rings is 1. The van der Waals surface area contributed by atoms with Crippen LogP contribution in [0.25, 0.3) is 0 Å². The smallest absolute Gasteiger partial charge is 0.196 e. The Morgan fingerprint density at radius 1 is 1.22 bits per heavy atom. The molecule has 1 aliphatic heterocycles. The average molecular weight is 241 g/mol. The van der Waals surface area contributed by atoms with E-state index < -0.39 is 0 Å². The molecule has 0 atom stereocenters. The van der Waals surface area contributed by atoms with Crippen LogP contribution in [0.15, 0.2) is 47.7 Å². The van der Waals surface area contributed by atoms with Gasteiger partial charge in [0.2, 0.25) is 0 Å². The van der Waals surface area contributed by atoms with E-state index in [1.54, 1.807) is 0 Å². The lowest BCUT2D eigenvalue weighted by Gasteiger charge is -2.28. The summed E-state index contributed by atoms with van der Waals surface area (Å²) < 4.78 is 2.15. The van der Waals surface area contributed by atoms with E-state index in [0.29, 0.717) is 5.96 Å². The largest absolute Gasteiger partial charge is 0.369 e. The van der Waals surface area contributed by atoms with Gasteiger partial charge in [-0.2, -0.15) is 0 Å². The molecule has 0 saturated carbocycles. The lowest BCUT2D eigenvalue weighted by atomic mass is 10.3. The number of rotatable bonds is 1. The quantitative estimate of drug-likeness (QED) is 0.605. The molecule has 2 heterocycles. The zero-order chi connectivity index (χ0) is 12.4. The summed E-state index contributed by atoms with van der Waals surface area (Å²) >= 11 is 0. The minimum absolute atomic E-state index is 0.551. The van der Waals surface area contributed by atoms with Crippen LogP contribution in [0.3, 0.4) is 0 Å². The summed E-state index contributed by atoms with van der Waals surface area (Å²) in [6.45, 7) is 2.49. The number of hydrogen-bond donors (Lipinski definition) is 1. The number of hydrogen-bond acceptors (Lipinski definition) is 2. The standard InChI is InChI=1S/C13H15N5/c14-13(16-11-4-2-1-3-5-11)18-9-8-17-7-6-15-12(17)10-18/h1-7H,8-10H2,(H2,14,16). The maximum Gasteiger partial charge on any atom is 0.196 e. The second-order valence-corrected chi connectivity index (χ2v) is 4.26. The van der Waals surface area contributed by atoms with E-state index in [9.17, 15) is 0 Å². The summed E-state index contributed by atoms with van der Waals surface area (Å²) in [5, 5.41) is 0. The predicted octanol–water partition coefficient (Wildman–Crippen LogP) is 1.35. The highest BCUT2D eigenvalue weighted by molar-refractivity contribution is 5.81. The van der Waals surface area contributed by atoms with Crippen molar-refractivity contribution in [3.8, 4) is 0 Å². The van der Waals surface area contributed by atoms with E-state index in [4.69, 9.17) is 5.73 Å². The van der Waals surface area contributed by atoms with Gasteiger partial charge in [0.1, 0.15) is 5.82 Å². The van der Waals surface area contributed by atoms with Crippen LogP contribution in [-0.4, -0.2) is 27.0 Å². The fourth-order valence-corrected chi connectivity index (χ4v) is 2.07. The molecule has 0 saturated heterocycles. The number of fused-ring (bicyclic) bond motifs is 1. The molecule has 1 aromatic carbocycles. The van der Waals surface area contributed by atoms with E-state index in [1.165, 1.54) is 0 Å². The first-order valence-electron chi connectivity index (χ1n) is 5.97. The molecule has 3 rings (SSSR count). The second-order valence-electron chi connectivity index (χ2n) is 4.26. The molecule has 0 spiro atoms. The molecule has 1 aliphatic rings. The van der Waals surface area contributed by atoms with Gasteiger partial charge < -0.3 is 15.2 Å². The molecule has 0 radical (unpaired) electrons. The molecule has 0 unspecified atom stereocenters. The van der Waals surface area contributed by atoms with Gasteiger partial charge in [0, 0.05) is 25.5 Å². The number of nitrogens with two attached hydrogens (primary N) is 1. The number of benzene rings is 1. The lowest BCUT2D eigenvalue weighted by Crippen LogP contribution is -2.42. The number of aliphatic imine (C=N–C) groups is 1. The first-order valence-corrected chi connectivity index (χ1v) is 5.97. The van der Waals surface area contributed by atoms with Gasteiger partial charge in [-0.15, -0.1) is 0 Å². The first-order chi connectivity index (χ1) is 8.83. The van der Waals surface area contributed by atoms with Crippen LogP contribution in [-0.2, 0) is 13.1 Å². The molecular formula is C13H15N5. The highest BCUT2D eigenvalue weighted by atomic mass is 15.3. The van der Waals surface area contributed by atoms with Crippen molar-refractivity contribution in [3.05, 3.63) is 48.5 Å². The van der Waals surface area contributed by atoms with E-state index in [0.717, 1.165) is 31.1 Å². The fraction of sp³-hybridized carbons (Fsp3) is 0.231. The third-order valence-corrected chi connectivity index (χ3v) is 3.07. The molecule has 2 N–H and O–H groups in total. The van der Waals surface area contributed by atoms with Crippen LogP contribution in [0.5, 0.6) is 0 Å². The summed E-state index contributed by atoms with van der Waals surface area (Å²) in [7, 11) is 0. The minimum atomic E-state index is 0.551. The van der Waals surface area contributed by atoms with Crippen molar-refractivity contribution in [1.82, 2.24) is 14.5 Å². The molecule has 0 amide bonds. The van der Waals surface area contributed by atoms with Gasteiger partial charge in [-0.1, -0.05) is 18.2 Å². The molecule has 0 fully saturated rings. The normalized spacial score (nSPS) is 15.6. The third-order valence-electron chi connectivity index (χ3n) is 3.07. The number of para-hydroxylation sites is 1. The first kappa shape index (κ1) is 10.8. The van der Waals surface area contributed by atoms with Gasteiger partial charge in [-0.3, -0.25) is 0 Å². The predicted molar refractivity (Wildman–Crippen MR) is 70.4 cm³/mol. The Balaban J connectivity index is 1.79. The zero-order valence-electron chi connectivity index (χ0n) is 10.0. The summed E-state index contributed by atoms with van der Waals surface area (Å²) in [6.07, 6.45) is 3.82. The van der Waals surface area contributed by atoms with E-state index >= 15 is 0 Å². The van der Waals surface area contributed by atoms with Gasteiger partial charge >= 0.3 is 0 Å². The Labute approximate surface area is 106 Å². The average Bonchev–Trinajstić information content (AvgIpc) is 2.87. The van der Waals surface area contributed by atoms with Crippen LogP contribution in [0.1, 0.15) is 5.82 Å². The molecule has 1 aromatic heterocycles. The van der Waals surface area contributed by atoms with Crippen molar-refractivity contribution in [2.45, 2.75) is 13.1 Å². The topological polar surface area (TPSA) is 59.4 Å². The molecule has 0 aliphatic carbocycles. The zero-order valence-corrected chi connectivity index (χ0v) is 10.0. The van der Waals surface area contributed by atoms with Crippen LogP contribution < -0.4 is 5.73 Å². The van der Waals surface area contributed by atoms with Crippen molar-refractivity contribution >= 4 is 11.6 Å². The third kappa shape index (κ3) is 2.07. The van der Waals surface area contributed by atoms with Crippen molar-refractivity contribution in [3.63, 3.8) is 0 Å². The molecule has 0 bridgehead atoms. The highest BCUT2D eigenvalue weighted by Gasteiger charge is 2.17. The number of nitrogens with zero attached hydrogens (tertiary/aromatic N) is 4. The van der Waals surface area contributed by atoms with E-state index in [1.807, 2.05) is 42.7 Å². The Kier molecular flexibility index (Phi) is 2.72. The van der Waals surface area contributed by atoms with Crippen LogP contribution in [0.4, 0.5) is 5.69 Å². The van der Waals surface area contributed by atoms with Crippen molar-refractivity contribution < 1.29 is 0 Å². The van der Waals surface area contributed by atoms with E-state index in [-0.39, 0.29) is 0 Å². The highest BCUT2D eigenvalue weighted by Crippen LogP contribution is 2.13. The molecule has 92 valence electrons. The van der Waals surface area contributed by atoms with Gasteiger partial charge in [0.15, 0.2) is 5.96 Å². The molecule has 18 heavy (non-hydrogen) atoms. The SMILES string of the molecule is NC(=Nc1ccccc1)N1CCn2ccnc2C1.